The Kier molecular flexibility index (Phi) is 3.91. The van der Waals surface area contributed by atoms with Gasteiger partial charge in [-0.05, 0) is 35.4 Å². The van der Waals surface area contributed by atoms with E-state index in [9.17, 15) is 9.90 Å². The first kappa shape index (κ1) is 17.0. The SMILES string of the molecule is O=c1nc2n(c3ccccc13)Cc1ccccc1C2=C(O)c1ccc(Br)cc1. The largest absolute Gasteiger partial charge is 0.507 e. The first-order chi connectivity index (χ1) is 13.6. The van der Waals surface area contributed by atoms with Gasteiger partial charge in [0.05, 0.1) is 23.0 Å². The van der Waals surface area contributed by atoms with Gasteiger partial charge in [0, 0.05) is 10.0 Å². The average Bonchev–Trinajstić information content (AvgIpc) is 2.73. The molecule has 4 aromatic rings. The predicted octanol–water partition coefficient (Wildman–Crippen LogP) is 5.00. The van der Waals surface area contributed by atoms with E-state index in [4.69, 9.17) is 0 Å². The van der Waals surface area contributed by atoms with Crippen molar-refractivity contribution in [2.24, 2.45) is 0 Å². The van der Waals surface area contributed by atoms with E-state index in [2.05, 4.69) is 20.9 Å². The summed E-state index contributed by atoms with van der Waals surface area (Å²) >= 11 is 3.42. The van der Waals surface area contributed by atoms with E-state index in [0.29, 0.717) is 28.9 Å². The first-order valence-corrected chi connectivity index (χ1v) is 9.70. The van der Waals surface area contributed by atoms with Crippen molar-refractivity contribution in [2.75, 3.05) is 0 Å². The molecule has 5 heteroatoms. The van der Waals surface area contributed by atoms with Crippen LogP contribution in [0, 0.1) is 0 Å². The topological polar surface area (TPSA) is 55.1 Å². The Hall–Kier alpha value is -3.18. The number of nitrogens with zero attached hydrogens (tertiary/aromatic N) is 2. The summed E-state index contributed by atoms with van der Waals surface area (Å²) in [4.78, 5) is 17.0. The van der Waals surface area contributed by atoms with Crippen LogP contribution < -0.4 is 5.56 Å². The Morgan fingerprint density at radius 2 is 1.68 bits per heavy atom. The van der Waals surface area contributed by atoms with Crippen LogP contribution in [0.2, 0.25) is 0 Å². The summed E-state index contributed by atoms with van der Waals surface area (Å²) in [6.45, 7) is 0.594. The fourth-order valence-corrected chi connectivity index (χ4v) is 4.01. The molecule has 1 aromatic heterocycles. The lowest BCUT2D eigenvalue weighted by Gasteiger charge is -2.26. The number of fused-ring (bicyclic) bond motifs is 4. The van der Waals surface area contributed by atoms with Gasteiger partial charge in [0.25, 0.3) is 5.56 Å². The highest BCUT2D eigenvalue weighted by Gasteiger charge is 2.26. The highest BCUT2D eigenvalue weighted by Crippen LogP contribution is 2.36. The Balaban J connectivity index is 1.89. The molecule has 0 bridgehead atoms. The van der Waals surface area contributed by atoms with Crippen molar-refractivity contribution >= 4 is 38.2 Å². The molecule has 0 saturated carbocycles. The van der Waals surface area contributed by atoms with Crippen LogP contribution in [0.3, 0.4) is 0 Å². The summed E-state index contributed by atoms with van der Waals surface area (Å²) < 4.78 is 2.93. The molecule has 0 spiro atoms. The minimum absolute atomic E-state index is 0.107. The van der Waals surface area contributed by atoms with Gasteiger partial charge in [-0.25, -0.2) is 0 Å². The normalized spacial score (nSPS) is 14.5. The molecule has 0 amide bonds. The van der Waals surface area contributed by atoms with Gasteiger partial charge < -0.3 is 9.67 Å². The fraction of sp³-hybridized carbons (Fsp3) is 0.0435. The van der Waals surface area contributed by atoms with Crippen molar-refractivity contribution in [3.63, 3.8) is 0 Å². The maximum atomic E-state index is 12.7. The van der Waals surface area contributed by atoms with Gasteiger partial charge in [-0.2, -0.15) is 4.98 Å². The number of para-hydroxylation sites is 1. The quantitative estimate of drug-likeness (QED) is 0.381. The van der Waals surface area contributed by atoms with E-state index in [1.54, 1.807) is 6.07 Å². The predicted molar refractivity (Wildman–Crippen MR) is 114 cm³/mol. The maximum Gasteiger partial charge on any atom is 0.281 e. The summed E-state index contributed by atoms with van der Waals surface area (Å²) in [6, 6.07) is 22.8. The molecular weight excluding hydrogens is 416 g/mol. The maximum absolute atomic E-state index is 12.7. The molecule has 5 rings (SSSR count). The van der Waals surface area contributed by atoms with E-state index in [1.165, 1.54) is 0 Å². The van der Waals surface area contributed by atoms with E-state index >= 15 is 0 Å². The highest BCUT2D eigenvalue weighted by molar-refractivity contribution is 9.10. The van der Waals surface area contributed by atoms with E-state index in [1.807, 2.05) is 71.3 Å². The van der Waals surface area contributed by atoms with Crippen LogP contribution in [0.1, 0.15) is 22.5 Å². The van der Waals surface area contributed by atoms with Crippen molar-refractivity contribution < 1.29 is 5.11 Å². The first-order valence-electron chi connectivity index (χ1n) is 8.91. The number of aliphatic hydroxyl groups excluding tert-OH is 1. The summed E-state index contributed by atoms with van der Waals surface area (Å²) in [5, 5.41) is 11.8. The molecule has 1 aliphatic rings. The molecule has 28 heavy (non-hydrogen) atoms. The summed E-state index contributed by atoms with van der Waals surface area (Å²) in [6.07, 6.45) is 0. The molecule has 0 unspecified atom stereocenters. The zero-order chi connectivity index (χ0) is 19.3. The second-order valence-corrected chi connectivity index (χ2v) is 7.65. The summed E-state index contributed by atoms with van der Waals surface area (Å²) in [5.41, 5.74) is 3.74. The second kappa shape index (κ2) is 6.46. The van der Waals surface area contributed by atoms with E-state index in [0.717, 1.165) is 21.1 Å². The summed E-state index contributed by atoms with van der Waals surface area (Å²) in [5.74, 6) is 0.596. The van der Waals surface area contributed by atoms with Crippen molar-refractivity contribution in [1.29, 1.82) is 0 Å². The molecule has 1 aliphatic heterocycles. The molecule has 3 aromatic carbocycles. The lowest BCUT2D eigenvalue weighted by molar-refractivity contribution is 0.512. The van der Waals surface area contributed by atoms with Gasteiger partial charge in [-0.15, -0.1) is 0 Å². The van der Waals surface area contributed by atoms with Crippen LogP contribution in [-0.2, 0) is 6.54 Å². The number of aliphatic hydroxyl groups is 1. The Morgan fingerprint density at radius 3 is 2.50 bits per heavy atom. The highest BCUT2D eigenvalue weighted by atomic mass is 79.9. The van der Waals surface area contributed by atoms with Crippen LogP contribution in [0.4, 0.5) is 0 Å². The number of hydrogen-bond donors (Lipinski definition) is 1. The van der Waals surface area contributed by atoms with Gasteiger partial charge in [0.1, 0.15) is 11.6 Å². The number of hydrogen-bond acceptors (Lipinski definition) is 3. The molecule has 4 nitrogen and oxygen atoms in total. The standard InChI is InChI=1S/C23H15BrN2O2/c24-16-11-9-14(10-12-16)21(27)20-17-6-2-1-5-15(17)13-26-19-8-4-3-7-18(19)23(28)25-22(20)26/h1-12,27H,13H2. The summed E-state index contributed by atoms with van der Waals surface area (Å²) in [7, 11) is 0. The monoisotopic (exact) mass is 430 g/mol. The van der Waals surface area contributed by atoms with Gasteiger partial charge in [0.2, 0.25) is 0 Å². The second-order valence-electron chi connectivity index (χ2n) is 6.73. The van der Waals surface area contributed by atoms with Crippen molar-refractivity contribution in [1.82, 2.24) is 9.55 Å². The Bertz CT molecular complexity index is 1320. The molecule has 0 atom stereocenters. The van der Waals surface area contributed by atoms with Crippen LogP contribution >= 0.6 is 15.9 Å². The van der Waals surface area contributed by atoms with Gasteiger partial charge >= 0.3 is 0 Å². The number of halogens is 1. The molecule has 1 N–H and O–H groups in total. The molecular formula is C23H15BrN2O2. The average molecular weight is 431 g/mol. The van der Waals surface area contributed by atoms with Crippen molar-refractivity contribution in [3.8, 4) is 0 Å². The number of rotatable bonds is 1. The molecule has 2 heterocycles. The third-order valence-corrected chi connectivity index (χ3v) is 5.61. The zero-order valence-corrected chi connectivity index (χ0v) is 16.3. The van der Waals surface area contributed by atoms with Gasteiger partial charge in [-0.3, -0.25) is 4.79 Å². The zero-order valence-electron chi connectivity index (χ0n) is 14.8. The molecule has 0 radical (unpaired) electrons. The van der Waals surface area contributed by atoms with E-state index in [-0.39, 0.29) is 11.3 Å². The minimum atomic E-state index is -0.290. The van der Waals surface area contributed by atoms with Crippen molar-refractivity contribution in [3.05, 3.63) is 110 Å². The lowest BCUT2D eigenvalue weighted by Crippen LogP contribution is -2.24. The molecule has 0 saturated heterocycles. The molecule has 0 fully saturated rings. The smallest absolute Gasteiger partial charge is 0.281 e. The number of benzene rings is 3. The number of aromatic nitrogens is 2. The van der Waals surface area contributed by atoms with E-state index < -0.39 is 0 Å². The third kappa shape index (κ3) is 2.59. The molecule has 0 aliphatic carbocycles. The van der Waals surface area contributed by atoms with Gasteiger partial charge in [-0.1, -0.05) is 64.5 Å². The fourth-order valence-electron chi connectivity index (χ4n) is 3.75. The lowest BCUT2D eigenvalue weighted by atomic mass is 9.92. The third-order valence-electron chi connectivity index (χ3n) is 5.08. The van der Waals surface area contributed by atoms with Gasteiger partial charge in [0.15, 0.2) is 0 Å². The van der Waals surface area contributed by atoms with Crippen LogP contribution in [0.15, 0.2) is 82.1 Å². The minimum Gasteiger partial charge on any atom is -0.507 e. The van der Waals surface area contributed by atoms with Crippen molar-refractivity contribution in [2.45, 2.75) is 6.54 Å². The molecule has 136 valence electrons. The van der Waals surface area contributed by atoms with Crippen LogP contribution in [0.5, 0.6) is 0 Å². The Labute approximate surface area is 169 Å². The Morgan fingerprint density at radius 1 is 0.964 bits per heavy atom. The van der Waals surface area contributed by atoms with Crippen LogP contribution in [0.25, 0.3) is 22.2 Å². The van der Waals surface area contributed by atoms with Crippen LogP contribution in [-0.4, -0.2) is 14.7 Å².